The van der Waals surface area contributed by atoms with E-state index >= 15 is 0 Å². The number of nitrogens with zero attached hydrogens (tertiary/aromatic N) is 1. The van der Waals surface area contributed by atoms with Gasteiger partial charge in [-0.15, -0.1) is 0 Å². The number of hydrogen-bond acceptors (Lipinski definition) is 2. The molecule has 0 bridgehead atoms. The second kappa shape index (κ2) is 4.57. The van der Waals surface area contributed by atoms with Gasteiger partial charge in [-0.3, -0.25) is 4.90 Å². The van der Waals surface area contributed by atoms with Gasteiger partial charge in [-0.25, -0.2) is 0 Å². The summed E-state index contributed by atoms with van der Waals surface area (Å²) >= 11 is 3.38. The largest absolute Gasteiger partial charge is 0.468 e. The van der Waals surface area contributed by atoms with Crippen LogP contribution in [0.2, 0.25) is 0 Å². The number of hydrogen-bond donors (Lipinski definition) is 0. The zero-order valence-corrected chi connectivity index (χ0v) is 8.17. The zero-order chi connectivity index (χ0) is 8.10. The van der Waals surface area contributed by atoms with E-state index in [9.17, 15) is 0 Å². The summed E-state index contributed by atoms with van der Waals surface area (Å²) in [6.45, 7) is 1.93. The molecule has 1 aromatic heterocycles. The lowest BCUT2D eigenvalue weighted by atomic mass is 10.4. The highest BCUT2D eigenvalue weighted by Crippen LogP contribution is 2.03. The molecule has 0 radical (unpaired) electrons. The first-order valence-corrected chi connectivity index (χ1v) is 4.72. The molecule has 0 aliphatic heterocycles. The molecule has 0 aliphatic rings. The van der Waals surface area contributed by atoms with Gasteiger partial charge in [-0.05, 0) is 19.2 Å². The van der Waals surface area contributed by atoms with E-state index in [0.29, 0.717) is 0 Å². The molecule has 0 amide bonds. The monoisotopic (exact) mass is 217 g/mol. The third-order valence-electron chi connectivity index (χ3n) is 1.47. The van der Waals surface area contributed by atoms with E-state index in [4.69, 9.17) is 4.42 Å². The van der Waals surface area contributed by atoms with Crippen molar-refractivity contribution in [1.82, 2.24) is 4.90 Å². The highest BCUT2D eigenvalue weighted by atomic mass is 79.9. The fourth-order valence-electron chi connectivity index (χ4n) is 0.892. The Morgan fingerprint density at radius 1 is 1.64 bits per heavy atom. The molecule has 62 valence electrons. The molecule has 0 N–H and O–H groups in total. The highest BCUT2D eigenvalue weighted by molar-refractivity contribution is 9.09. The zero-order valence-electron chi connectivity index (χ0n) is 6.59. The summed E-state index contributed by atoms with van der Waals surface area (Å²) in [5.74, 6) is 1.02. The Hall–Kier alpha value is -0.280. The first kappa shape index (κ1) is 8.81. The lowest BCUT2D eigenvalue weighted by Gasteiger charge is -2.12. The maximum atomic E-state index is 5.19. The number of rotatable bonds is 4. The van der Waals surface area contributed by atoms with Gasteiger partial charge in [-0.1, -0.05) is 15.9 Å². The molecule has 0 unspecified atom stereocenters. The van der Waals surface area contributed by atoms with Crippen molar-refractivity contribution in [2.45, 2.75) is 6.54 Å². The van der Waals surface area contributed by atoms with Gasteiger partial charge in [-0.2, -0.15) is 0 Å². The molecular weight excluding hydrogens is 206 g/mol. The van der Waals surface area contributed by atoms with E-state index in [2.05, 4.69) is 27.9 Å². The minimum Gasteiger partial charge on any atom is -0.468 e. The minimum absolute atomic E-state index is 0.888. The van der Waals surface area contributed by atoms with Gasteiger partial charge in [0.15, 0.2) is 0 Å². The van der Waals surface area contributed by atoms with Crippen LogP contribution in [-0.2, 0) is 6.54 Å². The van der Waals surface area contributed by atoms with Crippen molar-refractivity contribution in [3.05, 3.63) is 24.2 Å². The van der Waals surface area contributed by atoms with Crippen molar-refractivity contribution < 1.29 is 4.42 Å². The van der Waals surface area contributed by atoms with Crippen LogP contribution in [0.3, 0.4) is 0 Å². The SMILES string of the molecule is CN(CCBr)Cc1ccco1. The number of halogens is 1. The van der Waals surface area contributed by atoms with Crippen LogP contribution in [0.1, 0.15) is 5.76 Å². The fraction of sp³-hybridized carbons (Fsp3) is 0.500. The summed E-state index contributed by atoms with van der Waals surface area (Å²) in [7, 11) is 2.07. The molecule has 1 aromatic rings. The first-order valence-electron chi connectivity index (χ1n) is 3.60. The molecule has 2 nitrogen and oxygen atoms in total. The van der Waals surface area contributed by atoms with Crippen LogP contribution in [0, 0.1) is 0 Å². The van der Waals surface area contributed by atoms with Crippen molar-refractivity contribution >= 4 is 15.9 Å². The van der Waals surface area contributed by atoms with E-state index < -0.39 is 0 Å². The summed E-state index contributed by atoms with van der Waals surface area (Å²) < 4.78 is 5.19. The summed E-state index contributed by atoms with van der Waals surface area (Å²) in [6, 6.07) is 3.90. The molecule has 0 aliphatic carbocycles. The Morgan fingerprint density at radius 3 is 3.00 bits per heavy atom. The van der Waals surface area contributed by atoms with Crippen molar-refractivity contribution in [3.8, 4) is 0 Å². The normalized spacial score (nSPS) is 10.8. The molecular formula is C8H12BrNO. The maximum Gasteiger partial charge on any atom is 0.117 e. The molecule has 3 heteroatoms. The quantitative estimate of drug-likeness (QED) is 0.719. The van der Waals surface area contributed by atoms with Crippen molar-refractivity contribution in [2.75, 3.05) is 18.9 Å². The standard InChI is InChI=1S/C8H12BrNO/c1-10(5-4-9)7-8-3-2-6-11-8/h2-3,6H,4-5,7H2,1H3. The van der Waals surface area contributed by atoms with Gasteiger partial charge in [0.1, 0.15) is 5.76 Å². The van der Waals surface area contributed by atoms with Crippen molar-refractivity contribution in [1.29, 1.82) is 0 Å². The molecule has 0 aromatic carbocycles. The Kier molecular flexibility index (Phi) is 3.66. The van der Waals surface area contributed by atoms with Crippen molar-refractivity contribution in [3.63, 3.8) is 0 Å². The minimum atomic E-state index is 0.888. The van der Waals surface area contributed by atoms with Crippen LogP contribution in [0.15, 0.2) is 22.8 Å². The van der Waals surface area contributed by atoms with Crippen LogP contribution >= 0.6 is 15.9 Å². The predicted molar refractivity (Wildman–Crippen MR) is 48.8 cm³/mol. The van der Waals surface area contributed by atoms with Gasteiger partial charge in [0.05, 0.1) is 12.8 Å². The Balaban J connectivity index is 2.31. The Bertz CT molecular complexity index is 186. The van der Waals surface area contributed by atoms with E-state index in [1.165, 1.54) is 0 Å². The van der Waals surface area contributed by atoms with Crippen LogP contribution in [0.4, 0.5) is 0 Å². The van der Waals surface area contributed by atoms with Gasteiger partial charge >= 0.3 is 0 Å². The third kappa shape index (κ3) is 3.08. The average Bonchev–Trinajstić information content (AvgIpc) is 2.40. The maximum absolute atomic E-state index is 5.19. The predicted octanol–water partition coefficient (Wildman–Crippen LogP) is 2.11. The van der Waals surface area contributed by atoms with E-state index in [0.717, 1.165) is 24.2 Å². The second-order valence-electron chi connectivity index (χ2n) is 2.51. The first-order chi connectivity index (χ1) is 5.33. The van der Waals surface area contributed by atoms with Crippen LogP contribution in [0.5, 0.6) is 0 Å². The topological polar surface area (TPSA) is 16.4 Å². The third-order valence-corrected chi connectivity index (χ3v) is 1.83. The van der Waals surface area contributed by atoms with Crippen molar-refractivity contribution in [2.24, 2.45) is 0 Å². The average molecular weight is 218 g/mol. The smallest absolute Gasteiger partial charge is 0.117 e. The Labute approximate surface area is 75.3 Å². The second-order valence-corrected chi connectivity index (χ2v) is 3.30. The molecule has 11 heavy (non-hydrogen) atoms. The summed E-state index contributed by atoms with van der Waals surface area (Å²) in [5.41, 5.74) is 0. The molecule has 0 spiro atoms. The highest BCUT2D eigenvalue weighted by Gasteiger charge is 1.99. The van der Waals surface area contributed by atoms with E-state index in [1.807, 2.05) is 12.1 Å². The molecule has 1 heterocycles. The lowest BCUT2D eigenvalue weighted by Crippen LogP contribution is -2.19. The number of alkyl halides is 1. The molecule has 0 saturated heterocycles. The van der Waals surface area contributed by atoms with Crippen LogP contribution < -0.4 is 0 Å². The summed E-state index contributed by atoms with van der Waals surface area (Å²) in [4.78, 5) is 2.20. The van der Waals surface area contributed by atoms with Gasteiger partial charge in [0.25, 0.3) is 0 Å². The lowest BCUT2D eigenvalue weighted by molar-refractivity contribution is 0.312. The molecule has 0 fully saturated rings. The molecule has 1 rings (SSSR count). The molecule has 0 atom stereocenters. The van der Waals surface area contributed by atoms with Gasteiger partial charge < -0.3 is 4.42 Å². The summed E-state index contributed by atoms with van der Waals surface area (Å²) in [5, 5.41) is 1.00. The Morgan fingerprint density at radius 2 is 2.45 bits per heavy atom. The van der Waals surface area contributed by atoms with Gasteiger partial charge in [0, 0.05) is 11.9 Å². The van der Waals surface area contributed by atoms with Crippen LogP contribution in [-0.4, -0.2) is 23.8 Å². The van der Waals surface area contributed by atoms with Gasteiger partial charge in [0.2, 0.25) is 0 Å². The fourth-order valence-corrected chi connectivity index (χ4v) is 1.50. The number of furan rings is 1. The molecule has 0 saturated carbocycles. The summed E-state index contributed by atoms with van der Waals surface area (Å²) in [6.07, 6.45) is 1.71. The van der Waals surface area contributed by atoms with E-state index in [-0.39, 0.29) is 0 Å². The van der Waals surface area contributed by atoms with Crippen LogP contribution in [0.25, 0.3) is 0 Å². The van der Waals surface area contributed by atoms with E-state index in [1.54, 1.807) is 6.26 Å².